The van der Waals surface area contributed by atoms with Crippen molar-refractivity contribution in [2.45, 2.75) is 36.7 Å². The molecule has 0 saturated carbocycles. The molecule has 3 rings (SSSR count). The van der Waals surface area contributed by atoms with Crippen LogP contribution in [0.2, 0.25) is 0 Å². The third kappa shape index (κ3) is 3.73. The van der Waals surface area contributed by atoms with Crippen molar-refractivity contribution in [2.75, 3.05) is 12.8 Å². The molecule has 0 spiro atoms. The smallest absolute Gasteiger partial charge is 0.318 e. The van der Waals surface area contributed by atoms with E-state index in [1.54, 1.807) is 24.2 Å². The van der Waals surface area contributed by atoms with Gasteiger partial charge in [-0.3, -0.25) is 4.98 Å². The van der Waals surface area contributed by atoms with Crippen LogP contribution in [0.1, 0.15) is 43.0 Å². The molecule has 5 heteroatoms. The summed E-state index contributed by atoms with van der Waals surface area (Å²) in [5.74, 6) is 0. The van der Waals surface area contributed by atoms with Crippen LogP contribution < -0.4 is 5.32 Å². The lowest BCUT2D eigenvalue weighted by Crippen LogP contribution is -2.40. The van der Waals surface area contributed by atoms with Gasteiger partial charge in [0.2, 0.25) is 0 Å². The number of carbonyl (C=O) groups is 1. The zero-order chi connectivity index (χ0) is 16.9. The zero-order valence-electron chi connectivity index (χ0n) is 14.1. The maximum absolute atomic E-state index is 12.7. The van der Waals surface area contributed by atoms with Gasteiger partial charge in [-0.15, -0.1) is 11.8 Å². The van der Waals surface area contributed by atoms with E-state index < -0.39 is 0 Å². The fourth-order valence-corrected chi connectivity index (χ4v) is 3.59. The van der Waals surface area contributed by atoms with Gasteiger partial charge >= 0.3 is 6.03 Å². The summed E-state index contributed by atoms with van der Waals surface area (Å²) in [4.78, 5) is 20.0. The Balaban J connectivity index is 1.67. The van der Waals surface area contributed by atoms with E-state index in [9.17, 15) is 4.79 Å². The summed E-state index contributed by atoms with van der Waals surface area (Å²) >= 11 is 1.72. The summed E-state index contributed by atoms with van der Waals surface area (Å²) in [5.41, 5.74) is 2.29. The van der Waals surface area contributed by atoms with Crippen molar-refractivity contribution in [1.82, 2.24) is 15.2 Å². The van der Waals surface area contributed by atoms with E-state index in [0.717, 1.165) is 30.5 Å². The van der Waals surface area contributed by atoms with Crippen LogP contribution in [0.3, 0.4) is 0 Å². The molecule has 2 aromatic rings. The van der Waals surface area contributed by atoms with Crippen LogP contribution in [0.15, 0.2) is 53.7 Å². The van der Waals surface area contributed by atoms with Crippen LogP contribution in [0.5, 0.6) is 0 Å². The van der Waals surface area contributed by atoms with Gasteiger partial charge in [0.25, 0.3) is 0 Å². The largest absolute Gasteiger partial charge is 0.331 e. The van der Waals surface area contributed by atoms with Crippen molar-refractivity contribution in [3.05, 3.63) is 59.9 Å². The van der Waals surface area contributed by atoms with Crippen molar-refractivity contribution in [2.24, 2.45) is 0 Å². The predicted octanol–water partition coefficient (Wildman–Crippen LogP) is 4.41. The average molecular weight is 341 g/mol. The summed E-state index contributed by atoms with van der Waals surface area (Å²) in [7, 11) is 0. The molecule has 1 fully saturated rings. The molecule has 0 bridgehead atoms. The molecule has 1 aromatic carbocycles. The Kier molecular flexibility index (Phi) is 5.41. The Hall–Kier alpha value is -2.01. The second-order valence-corrected chi connectivity index (χ2v) is 6.96. The summed E-state index contributed by atoms with van der Waals surface area (Å²) in [6.45, 7) is 2.83. The number of thioether (sulfide) groups is 1. The molecule has 1 aliphatic heterocycles. The minimum atomic E-state index is -0.00732. The third-order valence-corrected chi connectivity index (χ3v) is 5.30. The molecule has 2 amide bonds. The molecule has 1 aromatic heterocycles. The Morgan fingerprint density at radius 1 is 1.25 bits per heavy atom. The van der Waals surface area contributed by atoms with E-state index >= 15 is 0 Å². The summed E-state index contributed by atoms with van der Waals surface area (Å²) in [5, 5.41) is 3.14. The van der Waals surface area contributed by atoms with Crippen LogP contribution in [0, 0.1) is 0 Å². The number of amides is 2. The molecule has 4 nitrogen and oxygen atoms in total. The van der Waals surface area contributed by atoms with E-state index in [1.165, 1.54) is 4.90 Å². The number of benzene rings is 1. The highest BCUT2D eigenvalue weighted by Gasteiger charge is 2.30. The van der Waals surface area contributed by atoms with E-state index in [1.807, 2.05) is 24.0 Å². The molecular formula is C19H23N3OS. The van der Waals surface area contributed by atoms with E-state index in [-0.39, 0.29) is 18.1 Å². The number of rotatable bonds is 4. The Bertz CT molecular complexity index is 675. The highest BCUT2D eigenvalue weighted by Crippen LogP contribution is 2.31. The monoisotopic (exact) mass is 341 g/mol. The number of hydrogen-bond donors (Lipinski definition) is 1. The predicted molar refractivity (Wildman–Crippen MR) is 98.1 cm³/mol. The Morgan fingerprint density at radius 2 is 1.96 bits per heavy atom. The van der Waals surface area contributed by atoms with Crippen molar-refractivity contribution < 1.29 is 4.79 Å². The van der Waals surface area contributed by atoms with Crippen molar-refractivity contribution in [3.63, 3.8) is 0 Å². The number of urea groups is 1. The minimum Gasteiger partial charge on any atom is -0.331 e. The molecule has 2 heterocycles. The summed E-state index contributed by atoms with van der Waals surface area (Å²) in [6.07, 6.45) is 7.69. The Morgan fingerprint density at radius 3 is 2.62 bits per heavy atom. The van der Waals surface area contributed by atoms with Crippen LogP contribution in [-0.4, -0.2) is 28.7 Å². The molecule has 1 aliphatic rings. The highest BCUT2D eigenvalue weighted by molar-refractivity contribution is 7.98. The lowest BCUT2D eigenvalue weighted by molar-refractivity contribution is 0.189. The first kappa shape index (κ1) is 16.8. The first-order valence-electron chi connectivity index (χ1n) is 8.30. The molecule has 0 radical (unpaired) electrons. The minimum absolute atomic E-state index is 0.00732. The van der Waals surface area contributed by atoms with Crippen LogP contribution >= 0.6 is 11.8 Å². The van der Waals surface area contributed by atoms with Gasteiger partial charge in [0, 0.05) is 23.8 Å². The first-order valence-corrected chi connectivity index (χ1v) is 9.52. The molecule has 1 saturated heterocycles. The van der Waals surface area contributed by atoms with Crippen LogP contribution in [0.4, 0.5) is 4.79 Å². The third-order valence-electron chi connectivity index (χ3n) is 4.56. The summed E-state index contributed by atoms with van der Waals surface area (Å²) < 4.78 is 0. The van der Waals surface area contributed by atoms with Crippen LogP contribution in [0.25, 0.3) is 0 Å². The summed E-state index contributed by atoms with van der Waals surface area (Å²) in [6, 6.07) is 12.5. The first-order chi connectivity index (χ1) is 11.7. The van der Waals surface area contributed by atoms with E-state index in [0.29, 0.717) is 0 Å². The van der Waals surface area contributed by atoms with Gasteiger partial charge in [-0.25, -0.2) is 4.79 Å². The average Bonchev–Trinajstić information content (AvgIpc) is 3.12. The standard InChI is InChI=1S/C19H23N3OS/c1-14(15-5-7-17(24-2)8-6-15)21-19(23)22-13-3-4-18(22)16-9-11-20-12-10-16/h5-12,14,18H,3-4,13H2,1-2H3,(H,21,23)/t14-,18-/m1/s1. The molecule has 0 unspecified atom stereocenters. The highest BCUT2D eigenvalue weighted by atomic mass is 32.2. The van der Waals surface area contributed by atoms with Crippen molar-refractivity contribution >= 4 is 17.8 Å². The maximum Gasteiger partial charge on any atom is 0.318 e. The molecule has 1 N–H and O–H groups in total. The maximum atomic E-state index is 12.7. The number of hydrogen-bond acceptors (Lipinski definition) is 3. The quantitative estimate of drug-likeness (QED) is 0.838. The SMILES string of the molecule is CSc1ccc([C@@H](C)NC(=O)N2CCC[C@@H]2c2ccncc2)cc1. The lowest BCUT2D eigenvalue weighted by atomic mass is 10.1. The van der Waals surface area contributed by atoms with Gasteiger partial charge in [0.05, 0.1) is 12.1 Å². The molecule has 126 valence electrons. The van der Waals surface area contributed by atoms with Gasteiger partial charge < -0.3 is 10.2 Å². The van der Waals surface area contributed by atoms with Gasteiger partial charge in [-0.2, -0.15) is 0 Å². The van der Waals surface area contributed by atoms with Gasteiger partial charge in [0.1, 0.15) is 0 Å². The Labute approximate surface area is 147 Å². The second-order valence-electron chi connectivity index (χ2n) is 6.08. The van der Waals surface area contributed by atoms with Crippen molar-refractivity contribution in [1.29, 1.82) is 0 Å². The van der Waals surface area contributed by atoms with E-state index in [2.05, 4.69) is 40.8 Å². The van der Waals surface area contributed by atoms with Gasteiger partial charge in [-0.05, 0) is 61.4 Å². The fourth-order valence-electron chi connectivity index (χ4n) is 3.19. The second kappa shape index (κ2) is 7.71. The zero-order valence-corrected chi connectivity index (χ0v) is 14.9. The number of aromatic nitrogens is 1. The molecule has 2 atom stereocenters. The van der Waals surface area contributed by atoms with Crippen LogP contribution in [-0.2, 0) is 0 Å². The molecule has 24 heavy (non-hydrogen) atoms. The number of nitrogens with one attached hydrogen (secondary N) is 1. The number of likely N-dealkylation sites (tertiary alicyclic amines) is 1. The number of pyridine rings is 1. The fraction of sp³-hybridized carbons (Fsp3) is 0.368. The number of nitrogens with zero attached hydrogens (tertiary/aromatic N) is 2. The van der Waals surface area contributed by atoms with Gasteiger partial charge in [0.15, 0.2) is 0 Å². The number of carbonyl (C=O) groups excluding carboxylic acids is 1. The van der Waals surface area contributed by atoms with Crippen molar-refractivity contribution in [3.8, 4) is 0 Å². The lowest BCUT2D eigenvalue weighted by Gasteiger charge is -2.27. The van der Waals surface area contributed by atoms with Gasteiger partial charge in [-0.1, -0.05) is 12.1 Å². The van der Waals surface area contributed by atoms with E-state index in [4.69, 9.17) is 0 Å². The normalized spacial score (nSPS) is 18.4. The topological polar surface area (TPSA) is 45.2 Å². The molecular weight excluding hydrogens is 318 g/mol. The molecule has 0 aliphatic carbocycles.